The lowest BCUT2D eigenvalue weighted by Crippen LogP contribution is -2.51. The van der Waals surface area contributed by atoms with Gasteiger partial charge in [-0.05, 0) is 31.6 Å². The largest absolute Gasteiger partial charge is 0.372 e. The Hall–Kier alpha value is -0.540. The van der Waals surface area contributed by atoms with Gasteiger partial charge in [-0.15, -0.1) is 0 Å². The van der Waals surface area contributed by atoms with E-state index in [1.165, 1.54) is 38.8 Å². The summed E-state index contributed by atoms with van der Waals surface area (Å²) in [6, 6.07) is 0.847. The summed E-state index contributed by atoms with van der Waals surface area (Å²) < 4.78 is 0. The molecule has 3 nitrogen and oxygen atoms in total. The van der Waals surface area contributed by atoms with Crippen molar-refractivity contribution >= 4 is 0 Å². The van der Waals surface area contributed by atoms with Crippen molar-refractivity contribution in [3.63, 3.8) is 0 Å². The van der Waals surface area contributed by atoms with Gasteiger partial charge < -0.3 is 10.6 Å². The molecule has 0 aromatic heterocycles. The first-order valence-electron chi connectivity index (χ1n) is 7.07. The van der Waals surface area contributed by atoms with Crippen LogP contribution in [0, 0.1) is 5.92 Å². The van der Waals surface area contributed by atoms with Crippen LogP contribution in [0.1, 0.15) is 32.6 Å². The highest BCUT2D eigenvalue weighted by atomic mass is 15.3. The Morgan fingerprint density at radius 3 is 2.24 bits per heavy atom. The van der Waals surface area contributed by atoms with E-state index in [2.05, 4.69) is 23.3 Å². The van der Waals surface area contributed by atoms with E-state index in [4.69, 9.17) is 5.73 Å². The lowest BCUT2D eigenvalue weighted by Gasteiger charge is -2.42. The molecule has 0 aromatic carbocycles. The van der Waals surface area contributed by atoms with Gasteiger partial charge in [0.15, 0.2) is 0 Å². The van der Waals surface area contributed by atoms with Crippen molar-refractivity contribution < 1.29 is 0 Å². The van der Waals surface area contributed by atoms with Gasteiger partial charge >= 0.3 is 0 Å². The summed E-state index contributed by atoms with van der Waals surface area (Å²) in [5, 5.41) is 0. The Morgan fingerprint density at radius 1 is 1.12 bits per heavy atom. The first-order chi connectivity index (χ1) is 8.20. The van der Waals surface area contributed by atoms with Gasteiger partial charge in [0.25, 0.3) is 0 Å². The monoisotopic (exact) mass is 237 g/mol. The molecule has 2 aliphatic rings. The van der Waals surface area contributed by atoms with Crippen molar-refractivity contribution in [2.24, 2.45) is 11.7 Å². The van der Waals surface area contributed by atoms with E-state index in [1.54, 1.807) is 0 Å². The van der Waals surface area contributed by atoms with Gasteiger partial charge in [0.05, 0.1) is 0 Å². The van der Waals surface area contributed by atoms with Gasteiger partial charge in [0.1, 0.15) is 0 Å². The molecule has 2 fully saturated rings. The van der Waals surface area contributed by atoms with Gasteiger partial charge in [-0.3, -0.25) is 4.90 Å². The predicted octanol–water partition coefficient (Wildman–Crippen LogP) is 1.66. The van der Waals surface area contributed by atoms with Crippen LogP contribution in [0.2, 0.25) is 0 Å². The van der Waals surface area contributed by atoms with Crippen molar-refractivity contribution in [3.05, 3.63) is 12.3 Å². The molecule has 0 radical (unpaired) electrons. The lowest BCUT2D eigenvalue weighted by atomic mass is 9.86. The molecular formula is C14H27N3. The molecule has 98 valence electrons. The Labute approximate surface area is 106 Å². The summed E-state index contributed by atoms with van der Waals surface area (Å²) in [4.78, 5) is 5.04. The molecule has 0 atom stereocenters. The van der Waals surface area contributed by atoms with E-state index < -0.39 is 0 Å². The third-order valence-corrected chi connectivity index (χ3v) is 4.50. The number of hydrogen-bond donors (Lipinski definition) is 1. The summed E-state index contributed by atoms with van der Waals surface area (Å²) in [5.74, 6) is 0.949. The summed E-state index contributed by atoms with van der Waals surface area (Å²) in [6.45, 7) is 11.6. The molecule has 2 N–H and O–H groups in total. The lowest BCUT2D eigenvalue weighted by molar-refractivity contribution is 0.0856. The molecule has 1 aliphatic carbocycles. The zero-order chi connectivity index (χ0) is 12.3. The maximum Gasteiger partial charge on any atom is 0.0324 e. The van der Waals surface area contributed by atoms with Crippen LogP contribution in [-0.2, 0) is 0 Å². The Balaban J connectivity index is 1.77. The maximum absolute atomic E-state index is 5.64. The van der Waals surface area contributed by atoms with Gasteiger partial charge in [0, 0.05) is 44.5 Å². The zero-order valence-corrected chi connectivity index (χ0v) is 11.2. The van der Waals surface area contributed by atoms with E-state index in [1.807, 2.05) is 0 Å². The minimum absolute atomic E-state index is 0.598. The highest BCUT2D eigenvalue weighted by Crippen LogP contribution is 2.27. The second kappa shape index (κ2) is 5.87. The minimum atomic E-state index is 0.598. The number of rotatable bonds is 3. The first kappa shape index (κ1) is 12.9. The molecule has 2 rings (SSSR count). The minimum Gasteiger partial charge on any atom is -0.372 e. The van der Waals surface area contributed by atoms with E-state index in [0.717, 1.165) is 30.7 Å². The third-order valence-electron chi connectivity index (χ3n) is 4.50. The van der Waals surface area contributed by atoms with Crippen molar-refractivity contribution in [1.82, 2.24) is 9.80 Å². The smallest absolute Gasteiger partial charge is 0.0324 e. The number of piperazine rings is 1. The SMILES string of the molecule is C=C(CN)N1CCN(C2CCC(C)CC2)CC1. The van der Waals surface area contributed by atoms with Crippen LogP contribution >= 0.6 is 0 Å². The standard InChI is InChI=1S/C14H27N3/c1-12-3-5-14(6-4-12)17-9-7-16(8-10-17)13(2)11-15/h12,14H,2-11,15H2,1H3. The highest BCUT2D eigenvalue weighted by molar-refractivity contribution is 4.98. The van der Waals surface area contributed by atoms with Crippen LogP contribution in [0.3, 0.4) is 0 Å². The molecule has 0 spiro atoms. The zero-order valence-electron chi connectivity index (χ0n) is 11.2. The highest BCUT2D eigenvalue weighted by Gasteiger charge is 2.26. The number of hydrogen-bond acceptors (Lipinski definition) is 3. The van der Waals surface area contributed by atoms with Crippen molar-refractivity contribution in [3.8, 4) is 0 Å². The fraction of sp³-hybridized carbons (Fsp3) is 0.857. The van der Waals surface area contributed by atoms with Crippen LogP contribution in [0.4, 0.5) is 0 Å². The molecule has 1 saturated carbocycles. The fourth-order valence-electron chi connectivity index (χ4n) is 3.14. The predicted molar refractivity (Wildman–Crippen MR) is 72.8 cm³/mol. The summed E-state index contributed by atoms with van der Waals surface area (Å²) >= 11 is 0. The van der Waals surface area contributed by atoms with Crippen molar-refractivity contribution in [1.29, 1.82) is 0 Å². The van der Waals surface area contributed by atoms with Gasteiger partial charge in [-0.1, -0.05) is 13.5 Å². The second-order valence-electron chi connectivity index (χ2n) is 5.71. The van der Waals surface area contributed by atoms with Crippen molar-refractivity contribution in [2.45, 2.75) is 38.6 Å². The van der Waals surface area contributed by atoms with Crippen LogP contribution in [-0.4, -0.2) is 48.6 Å². The molecule has 0 aromatic rings. The average Bonchev–Trinajstić information content (AvgIpc) is 2.39. The fourth-order valence-corrected chi connectivity index (χ4v) is 3.14. The van der Waals surface area contributed by atoms with Gasteiger partial charge in [0.2, 0.25) is 0 Å². The maximum atomic E-state index is 5.64. The van der Waals surface area contributed by atoms with Crippen LogP contribution in [0.15, 0.2) is 12.3 Å². The van der Waals surface area contributed by atoms with Crippen LogP contribution in [0.5, 0.6) is 0 Å². The van der Waals surface area contributed by atoms with E-state index in [9.17, 15) is 0 Å². The Kier molecular flexibility index (Phi) is 4.46. The second-order valence-corrected chi connectivity index (χ2v) is 5.71. The molecular weight excluding hydrogens is 210 g/mol. The van der Waals surface area contributed by atoms with Crippen molar-refractivity contribution in [2.75, 3.05) is 32.7 Å². The Morgan fingerprint density at radius 2 is 1.71 bits per heavy atom. The van der Waals surface area contributed by atoms with E-state index >= 15 is 0 Å². The normalized spacial score (nSPS) is 31.5. The van der Waals surface area contributed by atoms with Crippen LogP contribution in [0.25, 0.3) is 0 Å². The summed E-state index contributed by atoms with van der Waals surface area (Å²) in [5.41, 5.74) is 6.74. The molecule has 1 saturated heterocycles. The molecule has 1 heterocycles. The topological polar surface area (TPSA) is 32.5 Å². The van der Waals surface area contributed by atoms with Crippen LogP contribution < -0.4 is 5.73 Å². The summed E-state index contributed by atoms with van der Waals surface area (Å²) in [7, 11) is 0. The number of nitrogens with two attached hydrogens (primary N) is 1. The molecule has 0 amide bonds. The third kappa shape index (κ3) is 3.23. The molecule has 0 bridgehead atoms. The van der Waals surface area contributed by atoms with Gasteiger partial charge in [-0.2, -0.15) is 0 Å². The number of nitrogens with zero attached hydrogens (tertiary/aromatic N) is 2. The summed E-state index contributed by atoms with van der Waals surface area (Å²) in [6.07, 6.45) is 5.64. The van der Waals surface area contributed by atoms with Gasteiger partial charge in [-0.25, -0.2) is 0 Å². The Bertz CT molecular complexity index is 248. The quantitative estimate of drug-likeness (QED) is 0.810. The van der Waals surface area contributed by atoms with E-state index in [-0.39, 0.29) is 0 Å². The van der Waals surface area contributed by atoms with E-state index in [0.29, 0.717) is 6.54 Å². The molecule has 0 unspecified atom stereocenters. The average molecular weight is 237 g/mol. The first-order valence-corrected chi connectivity index (χ1v) is 7.07. The molecule has 1 aliphatic heterocycles. The molecule has 17 heavy (non-hydrogen) atoms. The molecule has 3 heteroatoms.